The van der Waals surface area contributed by atoms with E-state index in [0.717, 1.165) is 67.6 Å². The van der Waals surface area contributed by atoms with Gasteiger partial charge >= 0.3 is 0 Å². The van der Waals surface area contributed by atoms with E-state index in [2.05, 4.69) is 60.8 Å². The second-order valence-electron chi connectivity index (χ2n) is 9.99. The predicted molar refractivity (Wildman–Crippen MR) is 148 cm³/mol. The summed E-state index contributed by atoms with van der Waals surface area (Å²) in [5.41, 5.74) is 1.78. The molecule has 10 heteroatoms. The molecule has 1 unspecified atom stereocenters. The molecule has 10 nitrogen and oxygen atoms in total. The van der Waals surface area contributed by atoms with Crippen LogP contribution >= 0.6 is 0 Å². The lowest BCUT2D eigenvalue weighted by atomic mass is 9.99. The molecule has 2 aliphatic rings. The van der Waals surface area contributed by atoms with Crippen LogP contribution in [-0.4, -0.2) is 89.6 Å². The number of aromatic nitrogens is 3. The van der Waals surface area contributed by atoms with Crippen LogP contribution in [0.2, 0.25) is 0 Å². The first-order chi connectivity index (χ1) is 18.0. The highest BCUT2D eigenvalue weighted by Crippen LogP contribution is 2.26. The molecule has 0 saturated carbocycles. The summed E-state index contributed by atoms with van der Waals surface area (Å²) >= 11 is 0. The Bertz CT molecular complexity index is 1290. The van der Waals surface area contributed by atoms with Crippen molar-refractivity contribution in [2.45, 2.75) is 19.9 Å². The monoisotopic (exact) mass is 498 g/mol. The first-order valence-electron chi connectivity index (χ1n) is 12.9. The number of benzene rings is 1. The minimum Gasteiger partial charge on any atom is -0.353 e. The van der Waals surface area contributed by atoms with Crippen LogP contribution < -0.4 is 15.1 Å². The summed E-state index contributed by atoms with van der Waals surface area (Å²) in [7, 11) is 2.15. The zero-order valence-corrected chi connectivity index (χ0v) is 21.7. The second kappa shape index (κ2) is 11.0. The lowest BCUT2D eigenvalue weighted by molar-refractivity contribution is 0.224. The van der Waals surface area contributed by atoms with Crippen molar-refractivity contribution in [1.29, 1.82) is 5.26 Å². The van der Waals surface area contributed by atoms with Crippen molar-refractivity contribution in [2.24, 2.45) is 10.9 Å². The number of anilines is 3. The molecule has 1 N–H and O–H groups in total. The largest absolute Gasteiger partial charge is 0.353 e. The zero-order valence-electron chi connectivity index (χ0n) is 21.7. The number of fused-ring (bicyclic) bond motifs is 1. The molecule has 0 spiro atoms. The van der Waals surface area contributed by atoms with Crippen molar-refractivity contribution in [3.63, 3.8) is 0 Å². The van der Waals surface area contributed by atoms with E-state index in [0.29, 0.717) is 18.4 Å². The van der Waals surface area contributed by atoms with Crippen molar-refractivity contribution in [3.05, 3.63) is 48.8 Å². The third kappa shape index (κ3) is 5.42. The lowest BCUT2D eigenvalue weighted by Crippen LogP contribution is -2.58. The molecule has 1 aromatic carbocycles. The Morgan fingerprint density at radius 2 is 1.81 bits per heavy atom. The number of nitriles is 1. The molecule has 2 fully saturated rings. The van der Waals surface area contributed by atoms with Gasteiger partial charge in [-0.1, -0.05) is 19.9 Å². The molecule has 2 aliphatic heterocycles. The van der Waals surface area contributed by atoms with Gasteiger partial charge in [-0.3, -0.25) is 4.98 Å². The molecule has 0 bridgehead atoms. The molecule has 192 valence electrons. The number of likely N-dealkylation sites (N-methyl/N-ethyl adjacent to an activating group) is 1. The third-order valence-corrected chi connectivity index (χ3v) is 7.25. The summed E-state index contributed by atoms with van der Waals surface area (Å²) in [6.45, 7) is 10.6. The first kappa shape index (κ1) is 24.7. The van der Waals surface area contributed by atoms with Crippen LogP contribution in [-0.2, 0) is 0 Å². The van der Waals surface area contributed by atoms with E-state index in [1.165, 1.54) is 0 Å². The average Bonchev–Trinajstić information content (AvgIpc) is 2.93. The standard InChI is InChI=1S/C27H34N10/c1-20(2)24-18-36(25-9-11-30-26(33-25)35-14-12-34(3)13-15-35)16-17-37(24)27(31-19-28)32-23-8-4-7-22-21(23)6-5-10-29-22/h4-11,20,24H,12-18H2,1-3H3,(H,31,32). The van der Waals surface area contributed by atoms with Gasteiger partial charge in [0.25, 0.3) is 0 Å². The maximum absolute atomic E-state index is 9.53. The summed E-state index contributed by atoms with van der Waals surface area (Å²) in [5.74, 6) is 2.65. The van der Waals surface area contributed by atoms with Crippen LogP contribution in [0, 0.1) is 17.4 Å². The smallest absolute Gasteiger partial charge is 0.227 e. The van der Waals surface area contributed by atoms with Gasteiger partial charge in [-0.05, 0) is 43.3 Å². The molecule has 0 radical (unpaired) electrons. The van der Waals surface area contributed by atoms with E-state index in [9.17, 15) is 5.26 Å². The number of aliphatic imine (C=N–C) groups is 1. The number of hydrogen-bond donors (Lipinski definition) is 1. The summed E-state index contributed by atoms with van der Waals surface area (Å²) < 4.78 is 0. The fourth-order valence-corrected chi connectivity index (χ4v) is 5.07. The Labute approximate surface area is 218 Å². The fraction of sp³-hybridized carbons (Fsp3) is 0.444. The van der Waals surface area contributed by atoms with E-state index >= 15 is 0 Å². The predicted octanol–water partition coefficient (Wildman–Crippen LogP) is 2.87. The van der Waals surface area contributed by atoms with Gasteiger partial charge < -0.3 is 24.9 Å². The van der Waals surface area contributed by atoms with E-state index in [1.54, 1.807) is 6.20 Å². The average molecular weight is 499 g/mol. The number of hydrogen-bond acceptors (Lipinski definition) is 8. The number of rotatable bonds is 4. The normalized spacial score (nSPS) is 19.4. The van der Waals surface area contributed by atoms with Crippen LogP contribution in [0.25, 0.3) is 10.9 Å². The molecule has 0 aliphatic carbocycles. The summed E-state index contributed by atoms with van der Waals surface area (Å²) in [6, 6.07) is 12.0. The maximum atomic E-state index is 9.53. The SMILES string of the molecule is CC(C)C1CN(c2ccnc(N3CCN(C)CC3)n2)CCN1/C(=N\C#N)Nc1cccc2ncccc12. The van der Waals surface area contributed by atoms with E-state index in [-0.39, 0.29) is 6.04 Å². The van der Waals surface area contributed by atoms with E-state index in [1.807, 2.05) is 48.8 Å². The molecule has 3 aromatic rings. The molecular weight excluding hydrogens is 464 g/mol. The Hall–Kier alpha value is -3.97. The zero-order chi connectivity index (χ0) is 25.8. The Kier molecular flexibility index (Phi) is 7.32. The Morgan fingerprint density at radius 3 is 2.59 bits per heavy atom. The highest BCUT2D eigenvalue weighted by Gasteiger charge is 2.33. The number of nitrogens with zero attached hydrogens (tertiary/aromatic N) is 9. The van der Waals surface area contributed by atoms with Crippen LogP contribution in [0.3, 0.4) is 0 Å². The highest BCUT2D eigenvalue weighted by molar-refractivity contribution is 6.02. The van der Waals surface area contributed by atoms with Crippen LogP contribution in [0.5, 0.6) is 0 Å². The van der Waals surface area contributed by atoms with Crippen molar-refractivity contribution < 1.29 is 0 Å². The molecule has 4 heterocycles. The van der Waals surface area contributed by atoms with E-state index < -0.39 is 0 Å². The van der Waals surface area contributed by atoms with Crippen LogP contribution in [0.1, 0.15) is 13.8 Å². The van der Waals surface area contributed by atoms with Gasteiger partial charge in [-0.2, -0.15) is 10.2 Å². The number of piperazine rings is 2. The van der Waals surface area contributed by atoms with Crippen molar-refractivity contribution in [2.75, 3.05) is 68.0 Å². The van der Waals surface area contributed by atoms with Gasteiger partial charge in [0.05, 0.1) is 17.2 Å². The Morgan fingerprint density at radius 1 is 1.00 bits per heavy atom. The quantitative estimate of drug-likeness (QED) is 0.331. The van der Waals surface area contributed by atoms with Crippen LogP contribution in [0.4, 0.5) is 17.5 Å². The maximum Gasteiger partial charge on any atom is 0.227 e. The molecule has 2 aromatic heterocycles. The molecular formula is C27H34N10. The molecule has 0 amide bonds. The molecule has 1 atom stereocenters. The number of pyridine rings is 1. The molecule has 37 heavy (non-hydrogen) atoms. The van der Waals surface area contributed by atoms with Crippen molar-refractivity contribution in [1.82, 2.24) is 24.8 Å². The third-order valence-electron chi connectivity index (χ3n) is 7.25. The fourth-order valence-electron chi connectivity index (χ4n) is 5.07. The molecule has 5 rings (SSSR count). The van der Waals surface area contributed by atoms with Gasteiger partial charge in [-0.15, -0.1) is 4.99 Å². The van der Waals surface area contributed by atoms with Crippen LogP contribution in [0.15, 0.2) is 53.8 Å². The second-order valence-corrected chi connectivity index (χ2v) is 9.99. The van der Waals surface area contributed by atoms with Crippen molar-refractivity contribution in [3.8, 4) is 6.19 Å². The summed E-state index contributed by atoms with van der Waals surface area (Å²) in [5, 5.41) is 14.0. The lowest BCUT2D eigenvalue weighted by Gasteiger charge is -2.45. The summed E-state index contributed by atoms with van der Waals surface area (Å²) in [4.78, 5) is 27.3. The van der Waals surface area contributed by atoms with Gasteiger partial charge in [0, 0.05) is 63.6 Å². The topological polar surface area (TPSA) is 99.8 Å². The minimum atomic E-state index is 0.142. The molecule has 2 saturated heterocycles. The van der Waals surface area contributed by atoms with Gasteiger partial charge in [0.15, 0.2) is 0 Å². The first-order valence-corrected chi connectivity index (χ1v) is 12.9. The van der Waals surface area contributed by atoms with Gasteiger partial charge in [0.2, 0.25) is 18.1 Å². The number of nitrogens with one attached hydrogen (secondary N) is 1. The Balaban J connectivity index is 1.36. The van der Waals surface area contributed by atoms with Crippen molar-refractivity contribution >= 4 is 34.3 Å². The number of guanidine groups is 1. The minimum absolute atomic E-state index is 0.142. The highest BCUT2D eigenvalue weighted by atomic mass is 15.4. The van der Waals surface area contributed by atoms with E-state index in [4.69, 9.17) is 4.98 Å². The van der Waals surface area contributed by atoms with Gasteiger partial charge in [-0.25, -0.2) is 4.98 Å². The van der Waals surface area contributed by atoms with Gasteiger partial charge in [0.1, 0.15) is 5.82 Å². The summed E-state index contributed by atoms with van der Waals surface area (Å²) in [6.07, 6.45) is 5.66.